The van der Waals surface area contributed by atoms with Gasteiger partial charge in [0.15, 0.2) is 0 Å². The quantitative estimate of drug-likeness (QED) is 0.589. The first-order chi connectivity index (χ1) is 7.45. The fraction of sp³-hybridized carbons (Fsp3) is 0. The van der Waals surface area contributed by atoms with Crippen LogP contribution >= 0.6 is 10.2 Å². The molecule has 0 atom stereocenters. The van der Waals surface area contributed by atoms with Crippen molar-refractivity contribution in [2.24, 2.45) is 0 Å². The van der Waals surface area contributed by atoms with E-state index >= 15 is 0 Å². The Morgan fingerprint density at radius 2 is 1.24 bits per heavy atom. The Morgan fingerprint density at radius 1 is 0.706 bits per heavy atom. The van der Waals surface area contributed by atoms with Crippen LogP contribution in [0.25, 0.3) is 10.8 Å². The van der Waals surface area contributed by atoms with Crippen LogP contribution in [0.15, 0.2) is 41.3 Å². The van der Waals surface area contributed by atoms with Crippen LogP contribution in [-0.2, 0) is 0 Å². The number of benzene rings is 2. The summed E-state index contributed by atoms with van der Waals surface area (Å²) in [7, 11) is -9.66. The van der Waals surface area contributed by atoms with Gasteiger partial charge in [-0.25, -0.2) is 4.39 Å². The molecule has 0 spiro atoms. The zero-order valence-corrected chi connectivity index (χ0v) is 8.96. The maximum Gasteiger partial charge on any atom is 0.310 e. The Labute approximate surface area is 92.6 Å². The first kappa shape index (κ1) is 12.1. The molecular formula is C10H6F6S. The lowest BCUT2D eigenvalue weighted by Crippen LogP contribution is -2.05. The predicted molar refractivity (Wildman–Crippen MR) is 55.3 cm³/mol. The molecule has 17 heavy (non-hydrogen) atoms. The molecule has 2 aromatic carbocycles. The van der Waals surface area contributed by atoms with E-state index in [1.807, 2.05) is 0 Å². The first-order valence-electron chi connectivity index (χ1n) is 4.39. The topological polar surface area (TPSA) is 0 Å². The van der Waals surface area contributed by atoms with Crippen LogP contribution in [0.5, 0.6) is 0 Å². The number of hydrogen-bond acceptors (Lipinski definition) is 0. The van der Waals surface area contributed by atoms with Gasteiger partial charge in [0.2, 0.25) is 0 Å². The Morgan fingerprint density at radius 3 is 1.82 bits per heavy atom. The molecule has 0 N–H and O–H groups in total. The van der Waals surface area contributed by atoms with Crippen LogP contribution in [0.1, 0.15) is 0 Å². The lowest BCUT2D eigenvalue weighted by Gasteiger charge is -2.40. The molecule has 0 saturated heterocycles. The molecule has 0 fully saturated rings. The van der Waals surface area contributed by atoms with E-state index in [0.717, 1.165) is 24.3 Å². The Hall–Kier alpha value is -1.37. The van der Waals surface area contributed by atoms with Crippen LogP contribution in [0, 0.1) is 5.82 Å². The van der Waals surface area contributed by atoms with Gasteiger partial charge >= 0.3 is 10.2 Å². The monoisotopic (exact) mass is 272 g/mol. The van der Waals surface area contributed by atoms with Gasteiger partial charge in [0.1, 0.15) is 10.7 Å². The number of halogens is 6. The van der Waals surface area contributed by atoms with Crippen LogP contribution in [0.4, 0.5) is 23.8 Å². The zero-order chi connectivity index (χ0) is 13.0. The second-order valence-corrected chi connectivity index (χ2v) is 6.03. The molecule has 0 amide bonds. The van der Waals surface area contributed by atoms with E-state index in [4.69, 9.17) is 0 Å². The maximum absolute atomic E-state index is 12.8. The highest BCUT2D eigenvalue weighted by Crippen LogP contribution is 3.02. The highest BCUT2D eigenvalue weighted by Gasteiger charge is 2.65. The summed E-state index contributed by atoms with van der Waals surface area (Å²) < 4.78 is 75.2. The molecule has 0 aromatic heterocycles. The van der Waals surface area contributed by atoms with Gasteiger partial charge in [-0.1, -0.05) is 31.6 Å². The molecule has 2 aromatic rings. The van der Waals surface area contributed by atoms with Gasteiger partial charge in [0.25, 0.3) is 0 Å². The summed E-state index contributed by atoms with van der Waals surface area (Å²) >= 11 is 0. The molecule has 0 radical (unpaired) electrons. The first-order valence-corrected chi connectivity index (χ1v) is 6.34. The molecule has 7 heteroatoms. The summed E-state index contributed by atoms with van der Waals surface area (Å²) in [5, 5.41) is 0.0488. The number of hydrogen-bond donors (Lipinski definition) is 0. The molecule has 0 bridgehead atoms. The van der Waals surface area contributed by atoms with Gasteiger partial charge in [0, 0.05) is 0 Å². The van der Waals surface area contributed by atoms with Gasteiger partial charge < -0.3 is 0 Å². The van der Waals surface area contributed by atoms with E-state index in [1.165, 1.54) is 0 Å². The summed E-state index contributed by atoms with van der Waals surface area (Å²) in [5.74, 6) is -0.641. The normalized spacial score (nSPS) is 16.6. The minimum Gasteiger partial charge on any atom is -0.207 e. The summed E-state index contributed by atoms with van der Waals surface area (Å²) in [6, 6.07) is 4.34. The van der Waals surface area contributed by atoms with E-state index in [0.29, 0.717) is 6.07 Å². The van der Waals surface area contributed by atoms with Gasteiger partial charge in [-0.05, 0) is 35.0 Å². The fourth-order valence-corrected chi connectivity index (χ4v) is 2.11. The van der Waals surface area contributed by atoms with E-state index in [2.05, 4.69) is 0 Å². The number of rotatable bonds is 1. The standard InChI is InChI=1S/C10H6F6S/c11-9-3-1-8-6-10(4-2-7(8)5-9)17(12,13,14,15)16/h1-6H. The van der Waals surface area contributed by atoms with E-state index in [-0.39, 0.29) is 16.8 Å². The van der Waals surface area contributed by atoms with Crippen LogP contribution in [-0.4, -0.2) is 0 Å². The SMILES string of the molecule is Fc1ccc2cc(S(F)(F)(F)(F)F)ccc2c1. The highest BCUT2D eigenvalue weighted by molar-refractivity contribution is 8.45. The summed E-state index contributed by atoms with van der Waals surface area (Å²) in [4.78, 5) is -1.97. The molecule has 0 saturated carbocycles. The van der Waals surface area contributed by atoms with Gasteiger partial charge in [-0.2, -0.15) is 0 Å². The molecular weight excluding hydrogens is 266 g/mol. The van der Waals surface area contributed by atoms with Crippen LogP contribution < -0.4 is 0 Å². The van der Waals surface area contributed by atoms with E-state index in [1.54, 1.807) is 0 Å². The molecule has 2 rings (SSSR count). The van der Waals surface area contributed by atoms with Crippen LogP contribution in [0.2, 0.25) is 0 Å². The predicted octanol–water partition coefficient (Wildman–Crippen LogP) is 5.64. The van der Waals surface area contributed by atoms with Crippen molar-refractivity contribution in [2.45, 2.75) is 4.90 Å². The molecule has 0 aliphatic heterocycles. The summed E-state index contributed by atoms with van der Waals surface area (Å²) in [6.45, 7) is 0. The summed E-state index contributed by atoms with van der Waals surface area (Å²) in [6.07, 6.45) is 0. The lowest BCUT2D eigenvalue weighted by molar-refractivity contribution is 0.364. The largest absolute Gasteiger partial charge is 0.310 e. The van der Waals surface area contributed by atoms with E-state index < -0.39 is 20.9 Å². The molecule has 0 heterocycles. The molecule has 0 unspecified atom stereocenters. The van der Waals surface area contributed by atoms with Crippen molar-refractivity contribution in [3.05, 3.63) is 42.2 Å². The average Bonchev–Trinajstić information content (AvgIpc) is 2.13. The van der Waals surface area contributed by atoms with Gasteiger partial charge in [-0.15, -0.1) is 0 Å². The molecule has 0 nitrogen and oxygen atoms in total. The van der Waals surface area contributed by atoms with Gasteiger partial charge in [-0.3, -0.25) is 0 Å². The molecule has 0 aliphatic carbocycles. The van der Waals surface area contributed by atoms with Crippen molar-refractivity contribution in [3.63, 3.8) is 0 Å². The van der Waals surface area contributed by atoms with Crippen molar-refractivity contribution >= 4 is 21.0 Å². The Kier molecular flexibility index (Phi) is 1.93. The lowest BCUT2D eigenvalue weighted by atomic mass is 10.1. The third-order valence-corrected chi connectivity index (χ3v) is 3.36. The second kappa shape index (κ2) is 2.72. The molecule has 94 valence electrons. The average molecular weight is 272 g/mol. The van der Waals surface area contributed by atoms with Crippen LogP contribution in [0.3, 0.4) is 0 Å². The smallest absolute Gasteiger partial charge is 0.207 e. The van der Waals surface area contributed by atoms with Crippen molar-refractivity contribution in [1.29, 1.82) is 0 Å². The summed E-state index contributed by atoms with van der Waals surface area (Å²) in [5.41, 5.74) is 0. The fourth-order valence-electron chi connectivity index (χ4n) is 1.43. The number of fused-ring (bicyclic) bond motifs is 1. The maximum atomic E-state index is 12.8. The molecule has 0 aliphatic rings. The Balaban J connectivity index is 2.74. The minimum absolute atomic E-state index is 0.0860. The minimum atomic E-state index is -9.66. The second-order valence-electron chi connectivity index (χ2n) is 3.62. The van der Waals surface area contributed by atoms with E-state index in [9.17, 15) is 23.8 Å². The van der Waals surface area contributed by atoms with Crippen molar-refractivity contribution in [3.8, 4) is 0 Å². The Bertz CT molecular complexity index is 601. The van der Waals surface area contributed by atoms with Gasteiger partial charge in [0.05, 0.1) is 0 Å². The van der Waals surface area contributed by atoms with Crippen molar-refractivity contribution in [1.82, 2.24) is 0 Å². The van der Waals surface area contributed by atoms with Crippen molar-refractivity contribution < 1.29 is 23.8 Å². The zero-order valence-electron chi connectivity index (χ0n) is 8.14. The highest BCUT2D eigenvalue weighted by atomic mass is 32.5. The third kappa shape index (κ3) is 2.49. The third-order valence-electron chi connectivity index (χ3n) is 2.22. The van der Waals surface area contributed by atoms with Crippen molar-refractivity contribution in [2.75, 3.05) is 0 Å².